The Bertz CT molecular complexity index is 569. The van der Waals surface area contributed by atoms with Gasteiger partial charge in [0.25, 0.3) is 0 Å². The lowest BCUT2D eigenvalue weighted by Crippen LogP contribution is -2.31. The second kappa shape index (κ2) is 6.73. The third-order valence-electron chi connectivity index (χ3n) is 4.39. The molecule has 1 N–H and O–H groups in total. The van der Waals surface area contributed by atoms with Crippen LogP contribution in [0.3, 0.4) is 0 Å². The van der Waals surface area contributed by atoms with Gasteiger partial charge in [-0.25, -0.2) is 0 Å². The maximum Gasteiger partial charge on any atom is 0.0930 e. The Balaban J connectivity index is 2.02. The summed E-state index contributed by atoms with van der Waals surface area (Å²) in [5.74, 6) is 0.0172. The van der Waals surface area contributed by atoms with Crippen molar-refractivity contribution >= 4 is 0 Å². The summed E-state index contributed by atoms with van der Waals surface area (Å²) < 4.78 is 0. The van der Waals surface area contributed by atoms with E-state index in [9.17, 15) is 5.11 Å². The zero-order valence-corrected chi connectivity index (χ0v) is 12.9. The first-order valence-electron chi connectivity index (χ1n) is 7.51. The van der Waals surface area contributed by atoms with E-state index < -0.39 is 5.60 Å². The Morgan fingerprint density at radius 2 is 1.57 bits per heavy atom. The lowest BCUT2D eigenvalue weighted by atomic mass is 9.78. The first-order valence-corrected chi connectivity index (χ1v) is 7.51. The van der Waals surface area contributed by atoms with Gasteiger partial charge in [0.05, 0.1) is 5.60 Å². The van der Waals surface area contributed by atoms with Gasteiger partial charge in [0, 0.05) is 5.92 Å². The van der Waals surface area contributed by atoms with Crippen LogP contribution in [0.1, 0.15) is 31.4 Å². The topological polar surface area (TPSA) is 20.2 Å². The van der Waals surface area contributed by atoms with Crippen LogP contribution in [0.25, 0.3) is 0 Å². The van der Waals surface area contributed by atoms with E-state index in [4.69, 9.17) is 0 Å². The molecule has 0 aliphatic carbocycles. The average molecular weight is 280 g/mol. The summed E-state index contributed by atoms with van der Waals surface area (Å²) in [5.41, 5.74) is 2.46. The summed E-state index contributed by atoms with van der Waals surface area (Å²) in [5, 5.41) is 10.9. The van der Waals surface area contributed by atoms with Crippen LogP contribution in [0.15, 0.2) is 72.8 Å². The van der Waals surface area contributed by atoms with Gasteiger partial charge in [-0.3, -0.25) is 0 Å². The Labute approximate surface area is 128 Å². The fourth-order valence-electron chi connectivity index (χ4n) is 2.59. The zero-order valence-electron chi connectivity index (χ0n) is 12.9. The molecule has 2 atom stereocenters. The Hall–Kier alpha value is -1.86. The largest absolute Gasteiger partial charge is 0.385 e. The molecule has 0 saturated carbocycles. The molecule has 2 rings (SSSR count). The molecule has 0 heterocycles. The minimum atomic E-state index is -0.880. The van der Waals surface area contributed by atoms with E-state index in [2.05, 4.69) is 37.8 Å². The van der Waals surface area contributed by atoms with Crippen LogP contribution in [-0.2, 0) is 12.0 Å². The average Bonchev–Trinajstić information content (AvgIpc) is 2.53. The highest BCUT2D eigenvalue weighted by atomic mass is 16.3. The van der Waals surface area contributed by atoms with Crippen LogP contribution in [0.5, 0.6) is 0 Å². The van der Waals surface area contributed by atoms with E-state index in [1.54, 1.807) is 0 Å². The first kappa shape index (κ1) is 15.5. The Kier molecular flexibility index (Phi) is 4.98. The normalized spacial score (nSPS) is 15.2. The molecule has 0 bridgehead atoms. The SMILES string of the molecule is C=C(CCc1ccccc1)C(C)C(C)(O)c1ccccc1. The molecule has 21 heavy (non-hydrogen) atoms. The summed E-state index contributed by atoms with van der Waals surface area (Å²) >= 11 is 0. The third kappa shape index (κ3) is 3.83. The third-order valence-corrected chi connectivity index (χ3v) is 4.39. The van der Waals surface area contributed by atoms with Crippen LogP contribution in [-0.4, -0.2) is 5.11 Å². The molecule has 0 fully saturated rings. The standard InChI is InChI=1S/C20H24O/c1-16(14-15-18-10-6-4-7-11-18)17(2)20(3,21)19-12-8-5-9-13-19/h4-13,17,21H,1,14-15H2,2-3H3. The molecule has 0 aliphatic heterocycles. The highest BCUT2D eigenvalue weighted by Gasteiger charge is 2.31. The molecule has 0 aromatic heterocycles. The highest BCUT2D eigenvalue weighted by molar-refractivity contribution is 5.26. The van der Waals surface area contributed by atoms with Crippen molar-refractivity contribution in [3.05, 3.63) is 83.9 Å². The van der Waals surface area contributed by atoms with Crippen molar-refractivity contribution in [3.8, 4) is 0 Å². The minimum Gasteiger partial charge on any atom is -0.385 e. The molecule has 2 aromatic rings. The van der Waals surface area contributed by atoms with E-state index in [1.165, 1.54) is 5.56 Å². The van der Waals surface area contributed by atoms with Crippen molar-refractivity contribution in [1.29, 1.82) is 0 Å². The zero-order chi connectivity index (χ0) is 15.3. The monoisotopic (exact) mass is 280 g/mol. The van der Waals surface area contributed by atoms with Gasteiger partial charge in [0.1, 0.15) is 0 Å². The van der Waals surface area contributed by atoms with E-state index in [1.807, 2.05) is 43.3 Å². The molecule has 110 valence electrons. The fourth-order valence-corrected chi connectivity index (χ4v) is 2.59. The second-order valence-corrected chi connectivity index (χ2v) is 5.88. The molecule has 2 aromatic carbocycles. The van der Waals surface area contributed by atoms with Gasteiger partial charge in [-0.15, -0.1) is 0 Å². The Morgan fingerprint density at radius 3 is 2.14 bits per heavy atom. The van der Waals surface area contributed by atoms with Crippen molar-refractivity contribution in [2.75, 3.05) is 0 Å². The van der Waals surface area contributed by atoms with Crippen molar-refractivity contribution in [2.45, 2.75) is 32.3 Å². The van der Waals surface area contributed by atoms with Gasteiger partial charge in [-0.05, 0) is 30.9 Å². The predicted octanol–water partition coefficient (Wildman–Crippen LogP) is 4.72. The molecule has 0 radical (unpaired) electrons. The molecule has 0 amide bonds. The Morgan fingerprint density at radius 1 is 1.05 bits per heavy atom. The fraction of sp³-hybridized carbons (Fsp3) is 0.300. The van der Waals surface area contributed by atoms with Crippen LogP contribution >= 0.6 is 0 Å². The molecular formula is C20H24O. The summed E-state index contributed by atoms with van der Waals surface area (Å²) in [6.07, 6.45) is 1.86. The predicted molar refractivity (Wildman–Crippen MR) is 89.1 cm³/mol. The summed E-state index contributed by atoms with van der Waals surface area (Å²) in [6.45, 7) is 8.13. The molecular weight excluding hydrogens is 256 g/mol. The summed E-state index contributed by atoms with van der Waals surface area (Å²) in [7, 11) is 0. The van der Waals surface area contributed by atoms with Gasteiger partial charge in [0.2, 0.25) is 0 Å². The van der Waals surface area contributed by atoms with Crippen molar-refractivity contribution in [1.82, 2.24) is 0 Å². The molecule has 0 aliphatic rings. The van der Waals surface area contributed by atoms with Gasteiger partial charge in [-0.1, -0.05) is 79.7 Å². The van der Waals surface area contributed by atoms with Crippen LogP contribution in [0.2, 0.25) is 0 Å². The van der Waals surface area contributed by atoms with Gasteiger partial charge in [0.15, 0.2) is 0 Å². The maximum absolute atomic E-state index is 10.9. The molecule has 0 spiro atoms. The number of hydrogen-bond donors (Lipinski definition) is 1. The maximum atomic E-state index is 10.9. The van der Waals surface area contributed by atoms with Crippen molar-refractivity contribution < 1.29 is 5.11 Å². The number of benzene rings is 2. The quantitative estimate of drug-likeness (QED) is 0.759. The van der Waals surface area contributed by atoms with Crippen LogP contribution < -0.4 is 0 Å². The lowest BCUT2D eigenvalue weighted by molar-refractivity contribution is 0.0150. The number of hydrogen-bond acceptors (Lipinski definition) is 1. The first-order chi connectivity index (χ1) is 10.0. The van der Waals surface area contributed by atoms with Crippen LogP contribution in [0.4, 0.5) is 0 Å². The highest BCUT2D eigenvalue weighted by Crippen LogP contribution is 2.34. The molecule has 1 nitrogen and oxygen atoms in total. The van der Waals surface area contributed by atoms with Gasteiger partial charge in [-0.2, -0.15) is 0 Å². The van der Waals surface area contributed by atoms with Crippen molar-refractivity contribution in [2.24, 2.45) is 5.92 Å². The van der Waals surface area contributed by atoms with E-state index >= 15 is 0 Å². The number of aryl methyl sites for hydroxylation is 1. The second-order valence-electron chi connectivity index (χ2n) is 5.88. The smallest absolute Gasteiger partial charge is 0.0930 e. The molecule has 1 heteroatoms. The van der Waals surface area contributed by atoms with E-state index in [0.717, 1.165) is 24.0 Å². The van der Waals surface area contributed by atoms with Crippen molar-refractivity contribution in [3.63, 3.8) is 0 Å². The number of aliphatic hydroxyl groups is 1. The molecule has 0 saturated heterocycles. The van der Waals surface area contributed by atoms with E-state index in [-0.39, 0.29) is 5.92 Å². The molecule has 2 unspecified atom stereocenters. The summed E-state index contributed by atoms with van der Waals surface area (Å²) in [4.78, 5) is 0. The van der Waals surface area contributed by atoms with Gasteiger partial charge >= 0.3 is 0 Å². The van der Waals surface area contributed by atoms with Crippen LogP contribution in [0, 0.1) is 5.92 Å². The lowest BCUT2D eigenvalue weighted by Gasteiger charge is -2.32. The summed E-state index contributed by atoms with van der Waals surface area (Å²) in [6, 6.07) is 20.2. The van der Waals surface area contributed by atoms with Gasteiger partial charge < -0.3 is 5.11 Å². The minimum absolute atomic E-state index is 0.0172. The number of rotatable bonds is 6. The van der Waals surface area contributed by atoms with E-state index in [0.29, 0.717) is 0 Å².